The zero-order chi connectivity index (χ0) is 15.5. The third-order valence-corrected chi connectivity index (χ3v) is 3.29. The van der Waals surface area contributed by atoms with Gasteiger partial charge in [0.05, 0.1) is 17.9 Å². The predicted octanol–water partition coefficient (Wildman–Crippen LogP) is 5.32. The molecule has 21 heavy (non-hydrogen) atoms. The highest BCUT2D eigenvalue weighted by Crippen LogP contribution is 2.29. The van der Waals surface area contributed by atoms with E-state index in [4.69, 9.17) is 11.6 Å². The van der Waals surface area contributed by atoms with E-state index in [-0.39, 0.29) is 6.04 Å². The van der Waals surface area contributed by atoms with Crippen molar-refractivity contribution in [1.82, 2.24) is 4.98 Å². The van der Waals surface area contributed by atoms with E-state index < -0.39 is 11.9 Å². The lowest BCUT2D eigenvalue weighted by Gasteiger charge is -2.19. The Morgan fingerprint density at radius 2 is 2.00 bits per heavy atom. The number of hydrogen-bond donors (Lipinski definition) is 1. The van der Waals surface area contributed by atoms with E-state index in [0.29, 0.717) is 10.7 Å². The van der Waals surface area contributed by atoms with Crippen molar-refractivity contribution in [2.24, 2.45) is 0 Å². The van der Waals surface area contributed by atoms with Crippen LogP contribution in [0.2, 0.25) is 5.02 Å². The van der Waals surface area contributed by atoms with Crippen LogP contribution in [0.1, 0.15) is 30.6 Å². The molecule has 1 N–H and O–H groups in total. The highest BCUT2D eigenvalue weighted by Gasteiger charge is 2.32. The maximum atomic E-state index is 12.5. The molecular formula is C15H14ClF3N2. The number of rotatable bonds is 4. The molecule has 2 aromatic rings. The van der Waals surface area contributed by atoms with Gasteiger partial charge in [-0.15, -0.1) is 0 Å². The molecule has 0 aliphatic rings. The summed E-state index contributed by atoms with van der Waals surface area (Å²) in [7, 11) is 0. The van der Waals surface area contributed by atoms with E-state index in [2.05, 4.69) is 10.3 Å². The number of pyridine rings is 1. The van der Waals surface area contributed by atoms with Crippen LogP contribution >= 0.6 is 11.6 Å². The van der Waals surface area contributed by atoms with Crippen molar-refractivity contribution >= 4 is 17.3 Å². The average Bonchev–Trinajstić information content (AvgIpc) is 2.44. The molecule has 1 atom stereocenters. The van der Waals surface area contributed by atoms with Gasteiger partial charge in [0.25, 0.3) is 0 Å². The van der Waals surface area contributed by atoms with Crippen LogP contribution in [0, 0.1) is 0 Å². The predicted molar refractivity (Wildman–Crippen MR) is 77.3 cm³/mol. The van der Waals surface area contributed by atoms with Gasteiger partial charge in [0, 0.05) is 5.02 Å². The molecule has 1 heterocycles. The van der Waals surface area contributed by atoms with Gasteiger partial charge < -0.3 is 5.32 Å². The van der Waals surface area contributed by atoms with Crippen molar-refractivity contribution in [3.8, 4) is 0 Å². The Morgan fingerprint density at radius 1 is 1.24 bits per heavy atom. The van der Waals surface area contributed by atoms with Gasteiger partial charge in [0.1, 0.15) is 5.69 Å². The second kappa shape index (κ2) is 6.35. The van der Waals surface area contributed by atoms with E-state index >= 15 is 0 Å². The van der Waals surface area contributed by atoms with Gasteiger partial charge in [-0.3, -0.25) is 0 Å². The van der Waals surface area contributed by atoms with Crippen molar-refractivity contribution in [2.75, 3.05) is 5.32 Å². The summed E-state index contributed by atoms with van der Waals surface area (Å²) in [6.45, 7) is 1.98. The van der Waals surface area contributed by atoms with Gasteiger partial charge in [-0.2, -0.15) is 13.2 Å². The minimum atomic E-state index is -4.42. The van der Waals surface area contributed by atoms with Crippen LogP contribution in [0.4, 0.5) is 18.9 Å². The van der Waals surface area contributed by atoms with Crippen molar-refractivity contribution in [2.45, 2.75) is 25.6 Å². The standard InChI is InChI=1S/C15H14ClF3N2/c1-2-13(10-4-3-5-11(16)8-10)21-12-6-7-14(20-9-12)15(17,18)19/h3-9,13,21H,2H2,1H3. The summed E-state index contributed by atoms with van der Waals surface area (Å²) in [5, 5.41) is 3.79. The number of nitrogens with one attached hydrogen (secondary N) is 1. The van der Waals surface area contributed by atoms with Crippen molar-refractivity contribution in [3.05, 3.63) is 58.9 Å². The summed E-state index contributed by atoms with van der Waals surface area (Å²) < 4.78 is 37.4. The topological polar surface area (TPSA) is 24.9 Å². The lowest BCUT2D eigenvalue weighted by molar-refractivity contribution is -0.141. The molecule has 0 saturated heterocycles. The van der Waals surface area contributed by atoms with Gasteiger partial charge in [0.2, 0.25) is 0 Å². The van der Waals surface area contributed by atoms with Gasteiger partial charge >= 0.3 is 6.18 Å². The van der Waals surface area contributed by atoms with Crippen molar-refractivity contribution in [3.63, 3.8) is 0 Å². The van der Waals surface area contributed by atoms with Gasteiger partial charge in [-0.05, 0) is 36.2 Å². The monoisotopic (exact) mass is 314 g/mol. The molecule has 1 aromatic carbocycles. The Labute approximate surface area is 126 Å². The van der Waals surface area contributed by atoms with Gasteiger partial charge in [0.15, 0.2) is 0 Å². The molecule has 0 aliphatic carbocycles. The molecule has 2 nitrogen and oxygen atoms in total. The van der Waals surface area contributed by atoms with E-state index in [1.807, 2.05) is 25.1 Å². The molecule has 0 aliphatic heterocycles. The van der Waals surface area contributed by atoms with Crippen LogP contribution < -0.4 is 5.32 Å². The third-order valence-electron chi connectivity index (χ3n) is 3.05. The average molecular weight is 315 g/mol. The molecule has 0 spiro atoms. The molecule has 0 amide bonds. The minimum absolute atomic E-state index is 0.0396. The maximum absolute atomic E-state index is 12.5. The fraction of sp³-hybridized carbons (Fsp3) is 0.267. The molecule has 0 bridgehead atoms. The highest BCUT2D eigenvalue weighted by molar-refractivity contribution is 6.30. The fourth-order valence-electron chi connectivity index (χ4n) is 1.99. The first-order valence-corrected chi connectivity index (χ1v) is 6.83. The number of anilines is 1. The summed E-state index contributed by atoms with van der Waals surface area (Å²) in [5.74, 6) is 0. The van der Waals surface area contributed by atoms with Gasteiger partial charge in [-0.25, -0.2) is 4.98 Å². The highest BCUT2D eigenvalue weighted by atomic mass is 35.5. The van der Waals surface area contributed by atoms with E-state index in [9.17, 15) is 13.2 Å². The Hall–Kier alpha value is -1.75. The molecule has 0 saturated carbocycles. The van der Waals surface area contributed by atoms with Crippen LogP contribution in [-0.2, 0) is 6.18 Å². The molecular weight excluding hydrogens is 301 g/mol. The second-order valence-electron chi connectivity index (χ2n) is 4.59. The zero-order valence-corrected chi connectivity index (χ0v) is 12.0. The van der Waals surface area contributed by atoms with Crippen molar-refractivity contribution < 1.29 is 13.2 Å². The summed E-state index contributed by atoms with van der Waals surface area (Å²) in [6.07, 6.45) is -2.47. The number of nitrogens with zero attached hydrogens (tertiary/aromatic N) is 1. The van der Waals surface area contributed by atoms with E-state index in [1.165, 1.54) is 12.3 Å². The summed E-state index contributed by atoms with van der Waals surface area (Å²) in [5.41, 5.74) is 0.614. The van der Waals surface area contributed by atoms with E-state index in [0.717, 1.165) is 18.1 Å². The second-order valence-corrected chi connectivity index (χ2v) is 5.03. The first-order chi connectivity index (χ1) is 9.90. The molecule has 6 heteroatoms. The number of hydrogen-bond acceptors (Lipinski definition) is 2. The molecule has 112 valence electrons. The fourth-order valence-corrected chi connectivity index (χ4v) is 2.19. The summed E-state index contributed by atoms with van der Waals surface area (Å²) >= 11 is 5.95. The summed E-state index contributed by atoms with van der Waals surface area (Å²) in [4.78, 5) is 3.43. The van der Waals surface area contributed by atoms with Gasteiger partial charge in [-0.1, -0.05) is 30.7 Å². The number of benzene rings is 1. The minimum Gasteiger partial charge on any atom is -0.377 e. The van der Waals surface area contributed by atoms with E-state index in [1.54, 1.807) is 6.07 Å². The molecule has 1 unspecified atom stereocenters. The SMILES string of the molecule is CCC(Nc1ccc(C(F)(F)F)nc1)c1cccc(Cl)c1. The number of halogens is 4. The lowest BCUT2D eigenvalue weighted by Crippen LogP contribution is -2.11. The first-order valence-electron chi connectivity index (χ1n) is 6.45. The number of aromatic nitrogens is 1. The van der Waals surface area contributed by atoms with Crippen LogP contribution in [-0.4, -0.2) is 4.98 Å². The third kappa shape index (κ3) is 4.11. The van der Waals surface area contributed by atoms with Crippen LogP contribution in [0.25, 0.3) is 0 Å². The Bertz CT molecular complexity index is 597. The Balaban J connectivity index is 2.15. The normalized spacial score (nSPS) is 13.0. The number of alkyl halides is 3. The molecule has 0 radical (unpaired) electrons. The first kappa shape index (κ1) is 15.6. The van der Waals surface area contributed by atoms with Crippen LogP contribution in [0.5, 0.6) is 0 Å². The Kier molecular flexibility index (Phi) is 4.73. The lowest BCUT2D eigenvalue weighted by atomic mass is 10.0. The van der Waals surface area contributed by atoms with Crippen LogP contribution in [0.15, 0.2) is 42.6 Å². The largest absolute Gasteiger partial charge is 0.433 e. The smallest absolute Gasteiger partial charge is 0.377 e. The maximum Gasteiger partial charge on any atom is 0.433 e. The zero-order valence-electron chi connectivity index (χ0n) is 11.3. The molecule has 1 aromatic heterocycles. The summed E-state index contributed by atoms with van der Waals surface area (Å²) in [6, 6.07) is 9.67. The quantitative estimate of drug-likeness (QED) is 0.826. The van der Waals surface area contributed by atoms with Crippen LogP contribution in [0.3, 0.4) is 0 Å². The van der Waals surface area contributed by atoms with Crippen molar-refractivity contribution in [1.29, 1.82) is 0 Å². The Morgan fingerprint density at radius 3 is 2.52 bits per heavy atom. The molecule has 0 fully saturated rings. The molecule has 2 rings (SSSR count).